The van der Waals surface area contributed by atoms with Crippen molar-refractivity contribution in [3.05, 3.63) is 406 Å². The third kappa shape index (κ3) is 11.4. The van der Waals surface area contributed by atoms with Crippen molar-refractivity contribution in [2.45, 2.75) is 0 Å². The summed E-state index contributed by atoms with van der Waals surface area (Å²) >= 11 is 0. The molecule has 0 bridgehead atoms. The van der Waals surface area contributed by atoms with E-state index < -0.39 is 0 Å². The number of aromatic nitrogens is 9. The second-order valence-corrected chi connectivity index (χ2v) is 28.3. The number of nitrogens with zero attached hydrogens (tertiary/aromatic N) is 9. The van der Waals surface area contributed by atoms with E-state index >= 15 is 0 Å². The molecule has 0 amide bonds. The lowest BCUT2D eigenvalue weighted by atomic mass is 9.98. The molecular weight excluding hydrogens is 1360 g/mol. The molecule has 6 aromatic heterocycles. The maximum Gasteiger partial charge on any atom is 0.164 e. The van der Waals surface area contributed by atoms with Gasteiger partial charge in [0.05, 0.1) is 55.5 Å². The number of para-hydroxylation sites is 6. The fourth-order valence-electron chi connectivity index (χ4n) is 16.6. The summed E-state index contributed by atoms with van der Waals surface area (Å²) in [6.45, 7) is 0. The summed E-state index contributed by atoms with van der Waals surface area (Å²) in [7, 11) is 0. The molecule has 524 valence electrons. The Bertz CT molecular complexity index is 6760. The number of benzene rings is 16. The van der Waals surface area contributed by atoms with Crippen LogP contribution < -0.4 is 0 Å². The van der Waals surface area contributed by atoms with Crippen molar-refractivity contribution in [1.82, 2.24) is 43.2 Å². The van der Waals surface area contributed by atoms with Gasteiger partial charge in [0.25, 0.3) is 0 Å². The lowest BCUT2D eigenvalue weighted by Crippen LogP contribution is -2.00. The molecule has 0 radical (unpaired) electrons. The van der Waals surface area contributed by atoms with Crippen LogP contribution in [-0.2, 0) is 0 Å². The molecule has 22 rings (SSSR count). The van der Waals surface area contributed by atoms with Gasteiger partial charge in [-0.1, -0.05) is 279 Å². The summed E-state index contributed by atoms with van der Waals surface area (Å²) in [5.74, 6) is 2.65. The first-order chi connectivity index (χ1) is 55.6. The van der Waals surface area contributed by atoms with Crippen LogP contribution in [0, 0.1) is 0 Å². The first-order valence-corrected chi connectivity index (χ1v) is 37.9. The molecule has 0 unspecified atom stereocenters. The van der Waals surface area contributed by atoms with Gasteiger partial charge in [-0.2, -0.15) is 0 Å². The van der Waals surface area contributed by atoms with Gasteiger partial charge < -0.3 is 18.3 Å². The predicted octanol–water partition coefficient (Wildman–Crippen LogP) is 26.1. The number of rotatable bonds is 12. The van der Waals surface area contributed by atoms with Crippen LogP contribution in [0.2, 0.25) is 0 Å². The van der Waals surface area contributed by atoms with Crippen molar-refractivity contribution >= 4 is 87.2 Å². The molecule has 0 aliphatic rings. The topological polar surface area (TPSA) is 84.2 Å². The Morgan fingerprint density at radius 3 is 0.804 bits per heavy atom. The molecule has 9 heteroatoms. The second-order valence-electron chi connectivity index (χ2n) is 28.3. The lowest BCUT2D eigenvalue weighted by Gasteiger charge is -2.12. The highest BCUT2D eigenvalue weighted by molar-refractivity contribution is 6.19. The number of hydrogen-bond donors (Lipinski definition) is 0. The van der Waals surface area contributed by atoms with Crippen molar-refractivity contribution in [2.75, 3.05) is 0 Å². The van der Waals surface area contributed by atoms with Gasteiger partial charge in [0, 0.05) is 99.2 Å². The molecule has 0 N–H and O–H groups in total. The van der Waals surface area contributed by atoms with Gasteiger partial charge in [0.1, 0.15) is 0 Å². The van der Waals surface area contributed by atoms with Gasteiger partial charge in [0.15, 0.2) is 23.3 Å². The Morgan fingerprint density at radius 1 is 0.152 bits per heavy atom. The van der Waals surface area contributed by atoms with E-state index in [4.69, 9.17) is 24.9 Å². The Hall–Kier alpha value is -15.2. The summed E-state index contributed by atoms with van der Waals surface area (Å²) in [6.07, 6.45) is 0. The summed E-state index contributed by atoms with van der Waals surface area (Å²) < 4.78 is 9.50. The first-order valence-electron chi connectivity index (χ1n) is 37.9. The highest BCUT2D eigenvalue weighted by atomic mass is 15.0. The third-order valence-corrected chi connectivity index (χ3v) is 21.7. The monoisotopic (exact) mass is 1430 g/mol. The van der Waals surface area contributed by atoms with Crippen molar-refractivity contribution < 1.29 is 0 Å². The molecule has 16 aromatic carbocycles. The quantitative estimate of drug-likeness (QED) is 0.122. The standard InChI is InChI=1S/C52H34N4.C51H33N5/c1-4-15-35(16-5-1)45-34-46(54-52(53-45)37-17-6-2-7-18-37)36-27-30-40(31-28-36)55-47-24-12-10-21-42(47)44-33-38(29-32-49(44)55)41-23-14-26-50-51(41)43-22-11-13-25-48(43)56(50)39-19-8-3-9-20-39;1-4-15-34(16-5-1)49-52-50(35-17-6-2-7-18-35)54-51(53-49)36-27-30-39(31-28-36)55-44-24-12-10-21-41(44)43-33-37(29-32-46(43)55)40-23-14-26-47-48(40)42-22-11-13-25-45(42)56(47)38-19-8-3-9-20-38/h1-34H;1-33H. The maximum atomic E-state index is 5.07. The van der Waals surface area contributed by atoms with Gasteiger partial charge >= 0.3 is 0 Å². The molecular formula is C103H67N9. The molecule has 6 heterocycles. The Morgan fingerprint density at radius 2 is 0.411 bits per heavy atom. The number of hydrogen-bond acceptors (Lipinski definition) is 5. The highest BCUT2D eigenvalue weighted by Crippen LogP contribution is 2.45. The molecule has 0 spiro atoms. The largest absolute Gasteiger partial charge is 0.309 e. The van der Waals surface area contributed by atoms with Crippen LogP contribution in [0.15, 0.2) is 406 Å². The van der Waals surface area contributed by atoms with E-state index in [0.717, 1.165) is 78.6 Å². The van der Waals surface area contributed by atoms with E-state index in [0.29, 0.717) is 23.3 Å². The molecule has 0 atom stereocenters. The fourth-order valence-corrected chi connectivity index (χ4v) is 16.6. The van der Waals surface area contributed by atoms with E-state index in [-0.39, 0.29) is 0 Å². The minimum atomic E-state index is 0.638. The van der Waals surface area contributed by atoms with Crippen molar-refractivity contribution in [2.24, 2.45) is 0 Å². The Labute approximate surface area is 645 Å². The van der Waals surface area contributed by atoms with Crippen LogP contribution in [-0.4, -0.2) is 43.2 Å². The molecule has 112 heavy (non-hydrogen) atoms. The van der Waals surface area contributed by atoms with Crippen LogP contribution >= 0.6 is 0 Å². The molecule has 0 aliphatic carbocycles. The Balaban J connectivity index is 0.000000141. The van der Waals surface area contributed by atoms with E-state index in [2.05, 4.69) is 328 Å². The molecule has 0 saturated carbocycles. The zero-order valence-corrected chi connectivity index (χ0v) is 60.7. The minimum Gasteiger partial charge on any atom is -0.309 e. The molecule has 0 fully saturated rings. The van der Waals surface area contributed by atoms with Crippen molar-refractivity contribution in [3.8, 4) is 113 Å². The first kappa shape index (κ1) is 65.1. The SMILES string of the molecule is c1ccc(-c2cc(-c3ccc(-n4c5ccccc5c5cc(-c6cccc7c6c6ccccc6n7-c6ccccc6)ccc54)cc3)nc(-c3ccccc3)n2)cc1.c1ccc(-c2nc(-c3ccccc3)nc(-c3ccc(-n4c5ccccc5c5cc(-c6cccc7c6c6ccccc6n7-c6ccccc6)ccc54)cc3)n2)cc1. The molecule has 22 aromatic rings. The molecule has 9 nitrogen and oxygen atoms in total. The van der Waals surface area contributed by atoms with Gasteiger partial charge in [-0.25, -0.2) is 24.9 Å². The van der Waals surface area contributed by atoms with Crippen LogP contribution in [0.1, 0.15) is 0 Å². The second kappa shape index (κ2) is 27.5. The third-order valence-electron chi connectivity index (χ3n) is 21.7. The molecule has 0 aliphatic heterocycles. The summed E-state index contributed by atoms with van der Waals surface area (Å²) in [5.41, 5.74) is 26.5. The van der Waals surface area contributed by atoms with Crippen molar-refractivity contribution in [3.63, 3.8) is 0 Å². The van der Waals surface area contributed by atoms with Crippen LogP contribution in [0.5, 0.6) is 0 Å². The highest BCUT2D eigenvalue weighted by Gasteiger charge is 2.23. The normalized spacial score (nSPS) is 11.6. The predicted molar refractivity (Wildman–Crippen MR) is 463 cm³/mol. The van der Waals surface area contributed by atoms with Gasteiger partial charge in [0.2, 0.25) is 0 Å². The maximum absolute atomic E-state index is 5.07. The summed E-state index contributed by atoms with van der Waals surface area (Å²) in [5, 5.41) is 9.89. The lowest BCUT2D eigenvalue weighted by molar-refractivity contribution is 1.07. The summed E-state index contributed by atoms with van der Waals surface area (Å²) in [4.78, 5) is 24.8. The van der Waals surface area contributed by atoms with Crippen LogP contribution in [0.3, 0.4) is 0 Å². The average Bonchev–Trinajstić information content (AvgIpc) is 1.59. The van der Waals surface area contributed by atoms with Gasteiger partial charge in [-0.15, -0.1) is 0 Å². The van der Waals surface area contributed by atoms with E-state index in [1.807, 2.05) is 97.1 Å². The smallest absolute Gasteiger partial charge is 0.164 e. The van der Waals surface area contributed by atoms with Crippen molar-refractivity contribution in [1.29, 1.82) is 0 Å². The number of fused-ring (bicyclic) bond motifs is 12. The van der Waals surface area contributed by atoms with E-state index in [9.17, 15) is 0 Å². The van der Waals surface area contributed by atoms with Gasteiger partial charge in [-0.05, 0) is 150 Å². The Kier molecular flexibility index (Phi) is 16.0. The minimum absolute atomic E-state index is 0.638. The fraction of sp³-hybridized carbons (Fsp3) is 0. The van der Waals surface area contributed by atoms with E-state index in [1.54, 1.807) is 0 Å². The zero-order chi connectivity index (χ0) is 74.0. The zero-order valence-electron chi connectivity index (χ0n) is 60.7. The molecule has 0 saturated heterocycles. The van der Waals surface area contributed by atoms with Crippen LogP contribution in [0.25, 0.3) is 200 Å². The van der Waals surface area contributed by atoms with Gasteiger partial charge in [-0.3, -0.25) is 0 Å². The summed E-state index contributed by atoms with van der Waals surface area (Å²) in [6, 6.07) is 144. The van der Waals surface area contributed by atoms with E-state index in [1.165, 1.54) is 98.4 Å². The average molecular weight is 1430 g/mol. The van der Waals surface area contributed by atoms with Crippen LogP contribution in [0.4, 0.5) is 0 Å².